The van der Waals surface area contributed by atoms with Gasteiger partial charge in [-0.15, -0.1) is 0 Å². The van der Waals surface area contributed by atoms with Gasteiger partial charge in [0.2, 0.25) is 0 Å². The first-order valence-corrected chi connectivity index (χ1v) is 10.8. The van der Waals surface area contributed by atoms with E-state index in [1.165, 1.54) is 0 Å². The van der Waals surface area contributed by atoms with Gasteiger partial charge in [-0.25, -0.2) is 0 Å². The minimum atomic E-state index is -1.51. The monoisotopic (exact) mass is 300 g/mol. The SMILES string of the molecule is COC1O[C@]2(CC([Si](C)(C)C)C2=O)[C@@H]2OC(C)(C)OC12. The highest BCUT2D eigenvalue weighted by atomic mass is 28.3. The topological polar surface area (TPSA) is 54.0 Å². The van der Waals surface area contributed by atoms with E-state index in [9.17, 15) is 4.79 Å². The van der Waals surface area contributed by atoms with Crippen LogP contribution in [0, 0.1) is 0 Å². The summed E-state index contributed by atoms with van der Waals surface area (Å²) in [5, 5.41) is 0. The minimum absolute atomic E-state index is 0.145. The largest absolute Gasteiger partial charge is 0.353 e. The molecule has 0 radical (unpaired) electrons. The summed E-state index contributed by atoms with van der Waals surface area (Å²) in [7, 11) is 0.0689. The number of ketones is 1. The molecule has 0 N–H and O–H groups in total. The molecule has 3 unspecified atom stereocenters. The molecule has 3 aliphatic rings. The van der Waals surface area contributed by atoms with E-state index < -0.39 is 25.8 Å². The number of hydrogen-bond donors (Lipinski definition) is 0. The van der Waals surface area contributed by atoms with Crippen molar-refractivity contribution in [1.82, 2.24) is 0 Å². The van der Waals surface area contributed by atoms with Gasteiger partial charge in [-0.1, -0.05) is 19.6 Å². The van der Waals surface area contributed by atoms with Crippen LogP contribution in [0.25, 0.3) is 0 Å². The van der Waals surface area contributed by atoms with Gasteiger partial charge in [0.05, 0.1) is 8.07 Å². The first-order valence-electron chi connectivity index (χ1n) is 7.21. The highest BCUT2D eigenvalue weighted by Gasteiger charge is 2.73. The highest BCUT2D eigenvalue weighted by molar-refractivity contribution is 6.81. The van der Waals surface area contributed by atoms with Crippen LogP contribution in [0.15, 0.2) is 0 Å². The van der Waals surface area contributed by atoms with Crippen LogP contribution in [0.4, 0.5) is 0 Å². The Morgan fingerprint density at radius 2 is 1.85 bits per heavy atom. The summed E-state index contributed by atoms with van der Waals surface area (Å²) in [6.45, 7) is 10.4. The van der Waals surface area contributed by atoms with Crippen LogP contribution in [0.1, 0.15) is 20.3 Å². The Hall–Kier alpha value is -0.273. The summed E-state index contributed by atoms with van der Waals surface area (Å²) in [4.78, 5) is 12.8. The van der Waals surface area contributed by atoms with Crippen LogP contribution in [0.3, 0.4) is 0 Å². The molecular weight excluding hydrogens is 276 g/mol. The van der Waals surface area contributed by atoms with Crippen LogP contribution in [0.2, 0.25) is 25.2 Å². The summed E-state index contributed by atoms with van der Waals surface area (Å²) in [5.41, 5.74) is -0.699. The Balaban J connectivity index is 1.87. The number of ether oxygens (including phenoxy) is 4. The summed E-state index contributed by atoms with van der Waals surface area (Å²) in [6.07, 6.45) is -0.445. The molecule has 0 amide bonds. The zero-order valence-electron chi connectivity index (χ0n) is 13.1. The molecule has 1 spiro atoms. The maximum absolute atomic E-state index is 12.8. The minimum Gasteiger partial charge on any atom is -0.353 e. The third-order valence-electron chi connectivity index (χ3n) is 4.70. The number of methoxy groups -OCH3 is 1. The number of Topliss-reactive ketones (excluding diaryl/α,β-unsaturated/α-hetero) is 1. The van der Waals surface area contributed by atoms with Gasteiger partial charge < -0.3 is 18.9 Å². The molecule has 1 aliphatic carbocycles. The zero-order chi connectivity index (χ0) is 14.9. The quantitative estimate of drug-likeness (QED) is 0.729. The second-order valence-electron chi connectivity index (χ2n) is 7.62. The second kappa shape index (κ2) is 4.13. The molecular formula is C14H24O5Si. The Labute approximate surface area is 120 Å². The molecule has 0 bridgehead atoms. The van der Waals surface area contributed by atoms with Gasteiger partial charge in [0.1, 0.15) is 12.2 Å². The van der Waals surface area contributed by atoms with Crippen LogP contribution in [-0.2, 0) is 23.7 Å². The van der Waals surface area contributed by atoms with Crippen LogP contribution in [0.5, 0.6) is 0 Å². The van der Waals surface area contributed by atoms with Crippen LogP contribution < -0.4 is 0 Å². The molecule has 5 atom stereocenters. The molecule has 3 rings (SSSR count). The van der Waals surface area contributed by atoms with E-state index in [0.717, 1.165) is 6.42 Å². The van der Waals surface area contributed by atoms with Crippen LogP contribution in [-0.4, -0.2) is 50.9 Å². The number of hydrogen-bond acceptors (Lipinski definition) is 5. The third-order valence-corrected chi connectivity index (χ3v) is 7.26. The third kappa shape index (κ3) is 1.85. The molecule has 114 valence electrons. The van der Waals surface area contributed by atoms with E-state index in [2.05, 4.69) is 19.6 Å². The number of fused-ring (bicyclic) bond motifs is 2. The summed E-state index contributed by atoms with van der Waals surface area (Å²) < 4.78 is 23.1. The van der Waals surface area contributed by atoms with Crippen molar-refractivity contribution in [2.45, 2.75) is 75.3 Å². The van der Waals surface area contributed by atoms with E-state index in [0.29, 0.717) is 0 Å². The standard InChI is InChI=1S/C14H24O5Si/c1-13(2)17-9-11(18-13)14(19-12(9)16-3)7-8(10(14)15)20(4,5)6/h8-9,11-12H,7H2,1-6H3/t8?,9?,11-,12?,14+/m1/s1. The smallest absolute Gasteiger partial charge is 0.187 e. The molecule has 2 heterocycles. The lowest BCUT2D eigenvalue weighted by Gasteiger charge is -2.49. The fourth-order valence-corrected chi connectivity index (χ4v) is 5.54. The van der Waals surface area contributed by atoms with Gasteiger partial charge in [-0.2, -0.15) is 0 Å². The van der Waals surface area contributed by atoms with Crippen molar-refractivity contribution < 1.29 is 23.7 Å². The number of rotatable bonds is 2. The first kappa shape index (κ1) is 14.7. The molecule has 0 aromatic carbocycles. The normalized spacial score (nSPS) is 46.6. The molecule has 5 nitrogen and oxygen atoms in total. The molecule has 3 fully saturated rings. The van der Waals surface area contributed by atoms with Crippen molar-refractivity contribution in [1.29, 1.82) is 0 Å². The molecule has 1 saturated carbocycles. The van der Waals surface area contributed by atoms with E-state index >= 15 is 0 Å². The van der Waals surface area contributed by atoms with E-state index in [4.69, 9.17) is 18.9 Å². The fraction of sp³-hybridized carbons (Fsp3) is 0.929. The highest BCUT2D eigenvalue weighted by Crippen LogP contribution is 2.57. The average Bonchev–Trinajstić information content (AvgIpc) is 2.76. The van der Waals surface area contributed by atoms with Crippen molar-refractivity contribution in [3.8, 4) is 0 Å². The maximum atomic E-state index is 12.8. The Morgan fingerprint density at radius 1 is 1.20 bits per heavy atom. The van der Waals surface area contributed by atoms with Crippen molar-refractivity contribution in [2.24, 2.45) is 0 Å². The van der Waals surface area contributed by atoms with Crippen molar-refractivity contribution >= 4 is 13.9 Å². The van der Waals surface area contributed by atoms with Gasteiger partial charge >= 0.3 is 0 Å². The van der Waals surface area contributed by atoms with Crippen molar-refractivity contribution in [2.75, 3.05) is 7.11 Å². The maximum Gasteiger partial charge on any atom is 0.187 e. The molecule has 2 saturated heterocycles. The van der Waals surface area contributed by atoms with Crippen LogP contribution >= 0.6 is 0 Å². The van der Waals surface area contributed by atoms with Crippen molar-refractivity contribution in [3.63, 3.8) is 0 Å². The van der Waals surface area contributed by atoms with Gasteiger partial charge in [-0.3, -0.25) is 4.79 Å². The predicted octanol–water partition coefficient (Wildman–Crippen LogP) is 1.93. The lowest BCUT2D eigenvalue weighted by molar-refractivity contribution is -0.254. The number of carbonyl (C=O) groups is 1. The van der Waals surface area contributed by atoms with Gasteiger partial charge in [0.25, 0.3) is 0 Å². The first-order chi connectivity index (χ1) is 9.11. The zero-order valence-corrected chi connectivity index (χ0v) is 14.1. The van der Waals surface area contributed by atoms with E-state index in [1.807, 2.05) is 13.8 Å². The Kier molecular flexibility index (Phi) is 3.03. The lowest BCUT2D eigenvalue weighted by Crippen LogP contribution is -2.64. The summed E-state index contributed by atoms with van der Waals surface area (Å²) in [5.74, 6) is -0.500. The lowest BCUT2D eigenvalue weighted by atomic mass is 9.73. The van der Waals surface area contributed by atoms with E-state index in [1.54, 1.807) is 7.11 Å². The molecule has 2 aliphatic heterocycles. The van der Waals surface area contributed by atoms with Gasteiger partial charge in [-0.05, 0) is 20.3 Å². The molecule has 0 aromatic rings. The summed E-state index contributed by atoms with van der Waals surface area (Å²) >= 11 is 0. The molecule has 0 aromatic heterocycles. The summed E-state index contributed by atoms with van der Waals surface area (Å²) in [6, 6.07) is 0. The molecule has 6 heteroatoms. The van der Waals surface area contributed by atoms with Gasteiger partial charge in [0, 0.05) is 12.7 Å². The Morgan fingerprint density at radius 3 is 2.35 bits per heavy atom. The Bertz CT molecular complexity index is 443. The van der Waals surface area contributed by atoms with E-state index in [-0.39, 0.29) is 23.5 Å². The molecule has 20 heavy (non-hydrogen) atoms. The van der Waals surface area contributed by atoms with Crippen molar-refractivity contribution in [3.05, 3.63) is 0 Å². The van der Waals surface area contributed by atoms with Gasteiger partial charge in [0.15, 0.2) is 23.5 Å². The number of carbonyl (C=O) groups excluding carboxylic acids is 1. The fourth-order valence-electron chi connectivity index (χ4n) is 3.59. The predicted molar refractivity (Wildman–Crippen MR) is 75.2 cm³/mol. The second-order valence-corrected chi connectivity index (χ2v) is 13.0. The average molecular weight is 300 g/mol.